The number of carboxylic acids is 1. The van der Waals surface area contributed by atoms with E-state index in [1.165, 1.54) is 11.1 Å². The maximum Gasteiger partial charge on any atom is 0.407 e. The maximum absolute atomic E-state index is 12.9. The van der Waals surface area contributed by atoms with Crippen LogP contribution in [0.4, 0.5) is 4.79 Å². The van der Waals surface area contributed by atoms with Crippen molar-refractivity contribution in [2.75, 3.05) is 13.2 Å². The summed E-state index contributed by atoms with van der Waals surface area (Å²) in [7, 11) is 0. The number of fused-ring (bicyclic) bond motifs is 3. The molecule has 1 aliphatic heterocycles. The molecule has 180 valence electrons. The minimum atomic E-state index is -0.897. The highest BCUT2D eigenvalue weighted by atomic mass is 16.5. The summed E-state index contributed by atoms with van der Waals surface area (Å²) in [6.07, 6.45) is 2.54. The largest absolute Gasteiger partial charge is 0.481 e. The molecule has 2 atom stereocenters. The topological polar surface area (TPSA) is 95.9 Å². The lowest BCUT2D eigenvalue weighted by Crippen LogP contribution is -2.43. The van der Waals surface area contributed by atoms with Crippen LogP contribution in [-0.4, -0.2) is 53.2 Å². The van der Waals surface area contributed by atoms with E-state index in [0.717, 1.165) is 24.0 Å². The van der Waals surface area contributed by atoms with Crippen molar-refractivity contribution in [1.29, 1.82) is 0 Å². The van der Waals surface area contributed by atoms with Crippen LogP contribution >= 0.6 is 0 Å². The second-order valence-corrected chi connectivity index (χ2v) is 9.14. The van der Waals surface area contributed by atoms with Gasteiger partial charge in [0.1, 0.15) is 6.61 Å². The minimum Gasteiger partial charge on any atom is -0.481 e. The average molecular weight is 465 g/mol. The second-order valence-electron chi connectivity index (χ2n) is 9.14. The molecule has 0 spiro atoms. The predicted octanol–water partition coefficient (Wildman–Crippen LogP) is 4.55. The number of aliphatic carboxylic acids is 1. The van der Waals surface area contributed by atoms with E-state index in [1.807, 2.05) is 31.2 Å². The van der Waals surface area contributed by atoms with Crippen LogP contribution in [0.1, 0.15) is 62.5 Å². The van der Waals surface area contributed by atoms with E-state index in [9.17, 15) is 14.4 Å². The Hall–Kier alpha value is -3.35. The Bertz CT molecular complexity index is 1010. The van der Waals surface area contributed by atoms with Gasteiger partial charge in [0.05, 0.1) is 6.42 Å². The number of hydrogen-bond acceptors (Lipinski definition) is 4. The molecule has 34 heavy (non-hydrogen) atoms. The van der Waals surface area contributed by atoms with Crippen molar-refractivity contribution in [3.8, 4) is 11.1 Å². The SMILES string of the molecule is CCC[C@H](CC(=O)N1CCCC1CC(=O)O)NC(=O)OCC1c2ccccc2-c2ccccc21. The summed E-state index contributed by atoms with van der Waals surface area (Å²) in [6, 6.07) is 15.7. The summed E-state index contributed by atoms with van der Waals surface area (Å²) < 4.78 is 5.64. The molecule has 0 bridgehead atoms. The molecule has 0 aromatic heterocycles. The lowest BCUT2D eigenvalue weighted by molar-refractivity contribution is -0.140. The van der Waals surface area contributed by atoms with E-state index in [4.69, 9.17) is 9.84 Å². The van der Waals surface area contributed by atoms with Crippen molar-refractivity contribution < 1.29 is 24.2 Å². The number of likely N-dealkylation sites (tertiary alicyclic amines) is 1. The number of ether oxygens (including phenoxy) is 1. The summed E-state index contributed by atoms with van der Waals surface area (Å²) in [6.45, 7) is 2.79. The average Bonchev–Trinajstić information content (AvgIpc) is 3.40. The van der Waals surface area contributed by atoms with E-state index in [1.54, 1.807) is 4.90 Å². The molecule has 2 aromatic rings. The van der Waals surface area contributed by atoms with Gasteiger partial charge in [0.25, 0.3) is 0 Å². The van der Waals surface area contributed by atoms with E-state index in [0.29, 0.717) is 19.4 Å². The van der Waals surface area contributed by atoms with Crippen LogP contribution in [-0.2, 0) is 14.3 Å². The van der Waals surface area contributed by atoms with Crippen LogP contribution in [0.2, 0.25) is 0 Å². The van der Waals surface area contributed by atoms with E-state index >= 15 is 0 Å². The minimum absolute atomic E-state index is 0.0224. The van der Waals surface area contributed by atoms with Gasteiger partial charge < -0.3 is 20.1 Å². The normalized spacial score (nSPS) is 17.7. The van der Waals surface area contributed by atoms with Crippen molar-refractivity contribution in [2.24, 2.45) is 0 Å². The van der Waals surface area contributed by atoms with Gasteiger partial charge in [-0.15, -0.1) is 0 Å². The number of carbonyl (C=O) groups is 3. The second kappa shape index (κ2) is 10.7. The molecule has 1 saturated heterocycles. The van der Waals surface area contributed by atoms with Gasteiger partial charge in [-0.1, -0.05) is 61.9 Å². The zero-order chi connectivity index (χ0) is 24.1. The maximum atomic E-state index is 12.9. The highest BCUT2D eigenvalue weighted by Gasteiger charge is 2.32. The zero-order valence-corrected chi connectivity index (χ0v) is 19.5. The van der Waals surface area contributed by atoms with Gasteiger partial charge in [-0.2, -0.15) is 0 Å². The third-order valence-electron chi connectivity index (χ3n) is 6.83. The van der Waals surface area contributed by atoms with Crippen molar-refractivity contribution >= 4 is 18.0 Å². The first-order chi connectivity index (χ1) is 16.5. The Labute approximate surface area is 200 Å². The lowest BCUT2D eigenvalue weighted by atomic mass is 9.98. The first kappa shape index (κ1) is 23.8. The number of nitrogens with one attached hydrogen (secondary N) is 1. The van der Waals surface area contributed by atoms with Gasteiger partial charge in [0.15, 0.2) is 0 Å². The Balaban J connectivity index is 1.36. The molecular weight excluding hydrogens is 432 g/mol. The Morgan fingerprint density at radius 1 is 1.09 bits per heavy atom. The molecule has 2 aromatic carbocycles. The first-order valence-corrected chi connectivity index (χ1v) is 12.1. The smallest absolute Gasteiger partial charge is 0.407 e. The van der Waals surface area contributed by atoms with E-state index in [2.05, 4.69) is 29.6 Å². The lowest BCUT2D eigenvalue weighted by Gasteiger charge is -2.26. The van der Waals surface area contributed by atoms with Gasteiger partial charge in [-0.05, 0) is 41.5 Å². The van der Waals surface area contributed by atoms with Gasteiger partial charge in [-0.3, -0.25) is 9.59 Å². The standard InChI is InChI=1S/C27H32N2O5/c1-2-8-18(15-25(30)29-14-7-9-19(29)16-26(31)32)28-27(33)34-17-24-22-12-5-3-10-20(22)21-11-4-6-13-23(21)24/h3-6,10-13,18-19,24H,2,7-9,14-17H2,1H3,(H,28,33)(H,31,32)/t18-,19?/m1/s1. The number of amides is 2. The molecule has 2 N–H and O–H groups in total. The number of carboxylic acid groups (broad SMARTS) is 1. The monoisotopic (exact) mass is 464 g/mol. The number of alkyl carbamates (subject to hydrolysis) is 1. The van der Waals surface area contributed by atoms with Gasteiger partial charge in [0, 0.05) is 31.0 Å². The quantitative estimate of drug-likeness (QED) is 0.568. The Morgan fingerprint density at radius 2 is 1.74 bits per heavy atom. The van der Waals surface area contributed by atoms with E-state index < -0.39 is 12.1 Å². The fourth-order valence-electron chi connectivity index (χ4n) is 5.29. The number of hydrogen-bond donors (Lipinski definition) is 2. The Kier molecular flexibility index (Phi) is 7.50. The van der Waals surface area contributed by atoms with Crippen LogP contribution < -0.4 is 5.32 Å². The third kappa shape index (κ3) is 5.24. The van der Waals surface area contributed by atoms with Crippen molar-refractivity contribution in [2.45, 2.75) is 63.5 Å². The highest BCUT2D eigenvalue weighted by molar-refractivity contribution is 5.80. The fraction of sp³-hybridized carbons (Fsp3) is 0.444. The molecule has 7 heteroatoms. The third-order valence-corrected chi connectivity index (χ3v) is 6.83. The summed E-state index contributed by atoms with van der Waals surface area (Å²) in [5.74, 6) is -1.03. The summed E-state index contributed by atoms with van der Waals surface area (Å²) in [5.41, 5.74) is 4.64. The molecule has 0 radical (unpaired) electrons. The molecule has 1 fully saturated rings. The zero-order valence-electron chi connectivity index (χ0n) is 19.5. The molecular formula is C27H32N2O5. The van der Waals surface area contributed by atoms with Crippen molar-refractivity contribution in [3.63, 3.8) is 0 Å². The molecule has 1 heterocycles. The Morgan fingerprint density at radius 3 is 2.35 bits per heavy atom. The van der Waals surface area contributed by atoms with Gasteiger partial charge in [-0.25, -0.2) is 4.79 Å². The summed E-state index contributed by atoms with van der Waals surface area (Å²) in [5, 5.41) is 12.0. The van der Waals surface area contributed by atoms with Crippen LogP contribution in [0.5, 0.6) is 0 Å². The molecule has 4 rings (SSSR count). The van der Waals surface area contributed by atoms with Crippen LogP contribution in [0.15, 0.2) is 48.5 Å². The van der Waals surface area contributed by atoms with Gasteiger partial charge >= 0.3 is 12.1 Å². The number of nitrogens with zero attached hydrogens (tertiary/aromatic N) is 1. The number of carbonyl (C=O) groups excluding carboxylic acids is 2. The molecule has 1 aliphatic carbocycles. The van der Waals surface area contributed by atoms with Gasteiger partial charge in [0.2, 0.25) is 5.91 Å². The van der Waals surface area contributed by atoms with Crippen LogP contribution in [0.25, 0.3) is 11.1 Å². The van der Waals surface area contributed by atoms with Crippen LogP contribution in [0.3, 0.4) is 0 Å². The van der Waals surface area contributed by atoms with Crippen molar-refractivity contribution in [1.82, 2.24) is 10.2 Å². The molecule has 2 aliphatic rings. The van der Waals surface area contributed by atoms with E-state index in [-0.39, 0.29) is 43.4 Å². The van der Waals surface area contributed by atoms with Crippen LogP contribution in [0, 0.1) is 0 Å². The fourth-order valence-corrected chi connectivity index (χ4v) is 5.29. The molecule has 1 unspecified atom stereocenters. The highest BCUT2D eigenvalue weighted by Crippen LogP contribution is 2.44. The molecule has 2 amide bonds. The molecule has 7 nitrogen and oxygen atoms in total. The summed E-state index contributed by atoms with van der Waals surface area (Å²) in [4.78, 5) is 38.4. The predicted molar refractivity (Wildman–Crippen MR) is 129 cm³/mol. The molecule has 0 saturated carbocycles. The number of benzene rings is 2. The number of rotatable bonds is 9. The first-order valence-electron chi connectivity index (χ1n) is 12.1. The van der Waals surface area contributed by atoms with Crippen molar-refractivity contribution in [3.05, 3.63) is 59.7 Å². The summed E-state index contributed by atoms with van der Waals surface area (Å²) >= 11 is 0.